The van der Waals surface area contributed by atoms with Crippen LogP contribution in [0.15, 0.2) is 30.6 Å². The van der Waals surface area contributed by atoms with Gasteiger partial charge in [0.05, 0.1) is 6.04 Å². The molecule has 1 N–H and O–H groups in total. The Bertz CT molecular complexity index is 665. The summed E-state index contributed by atoms with van der Waals surface area (Å²) in [6.07, 6.45) is 3.87. The predicted molar refractivity (Wildman–Crippen MR) is 88.2 cm³/mol. The van der Waals surface area contributed by atoms with Crippen LogP contribution in [0.3, 0.4) is 0 Å². The van der Waals surface area contributed by atoms with Crippen molar-refractivity contribution in [3.05, 3.63) is 51.5 Å². The lowest BCUT2D eigenvalue weighted by molar-refractivity contribution is -0.121. The average molecular weight is 316 g/mol. The molecule has 0 aliphatic carbocycles. The van der Waals surface area contributed by atoms with Crippen molar-refractivity contribution < 1.29 is 9.59 Å². The summed E-state index contributed by atoms with van der Waals surface area (Å²) in [5, 5.41) is 2.89. The molecule has 0 aromatic carbocycles. The standard InChI is InChI=1S/C17H20N2O2S/c1-11-9-15(13(3)22-11)16(20)6-7-17(21)19-12(2)14-5-4-8-18-10-14/h4-5,8-10,12H,6-7H2,1-3H3,(H,19,21)/t12-/m0/s1. The molecule has 0 aliphatic rings. The van der Waals surface area contributed by atoms with Gasteiger partial charge >= 0.3 is 0 Å². The zero-order chi connectivity index (χ0) is 16.1. The molecule has 2 heterocycles. The molecule has 2 rings (SSSR count). The Morgan fingerprint density at radius 1 is 1.32 bits per heavy atom. The number of hydrogen-bond donors (Lipinski definition) is 1. The number of amides is 1. The molecule has 4 nitrogen and oxygen atoms in total. The highest BCUT2D eigenvalue weighted by Gasteiger charge is 2.15. The molecule has 1 atom stereocenters. The van der Waals surface area contributed by atoms with Gasteiger partial charge in [0.1, 0.15) is 0 Å². The average Bonchev–Trinajstić information content (AvgIpc) is 2.84. The van der Waals surface area contributed by atoms with Crippen molar-refractivity contribution in [1.82, 2.24) is 10.3 Å². The van der Waals surface area contributed by atoms with Crippen molar-refractivity contribution in [1.29, 1.82) is 0 Å². The quantitative estimate of drug-likeness (QED) is 0.828. The molecule has 0 bridgehead atoms. The summed E-state index contributed by atoms with van der Waals surface area (Å²) in [6, 6.07) is 5.55. The number of rotatable bonds is 6. The maximum Gasteiger partial charge on any atom is 0.220 e. The zero-order valence-electron chi connectivity index (χ0n) is 13.1. The Kier molecular flexibility index (Phi) is 5.44. The first-order valence-electron chi connectivity index (χ1n) is 7.27. The van der Waals surface area contributed by atoms with Gasteiger partial charge < -0.3 is 5.32 Å². The lowest BCUT2D eigenvalue weighted by Gasteiger charge is -2.13. The molecule has 22 heavy (non-hydrogen) atoms. The number of carbonyl (C=O) groups is 2. The molecule has 0 unspecified atom stereocenters. The fraction of sp³-hybridized carbons (Fsp3) is 0.353. The maximum atomic E-state index is 12.2. The number of Topliss-reactive ketones (excluding diaryl/α,β-unsaturated/α-hetero) is 1. The highest BCUT2D eigenvalue weighted by Crippen LogP contribution is 2.22. The molecule has 0 spiro atoms. The van der Waals surface area contributed by atoms with E-state index in [1.54, 1.807) is 23.7 Å². The van der Waals surface area contributed by atoms with Crippen LogP contribution in [0.4, 0.5) is 0 Å². The van der Waals surface area contributed by atoms with Crippen LogP contribution in [-0.4, -0.2) is 16.7 Å². The molecule has 116 valence electrons. The van der Waals surface area contributed by atoms with E-state index < -0.39 is 0 Å². The Morgan fingerprint density at radius 2 is 2.09 bits per heavy atom. The molecular weight excluding hydrogens is 296 g/mol. The topological polar surface area (TPSA) is 59.1 Å². The van der Waals surface area contributed by atoms with Crippen LogP contribution in [0, 0.1) is 13.8 Å². The molecule has 0 saturated carbocycles. The van der Waals surface area contributed by atoms with Crippen LogP contribution in [0.2, 0.25) is 0 Å². The van der Waals surface area contributed by atoms with E-state index in [0.717, 1.165) is 20.9 Å². The third-order valence-corrected chi connectivity index (χ3v) is 4.45. The molecule has 2 aromatic rings. The summed E-state index contributed by atoms with van der Waals surface area (Å²) in [5.41, 5.74) is 1.70. The number of carbonyl (C=O) groups excluding carboxylic acids is 2. The second-order valence-electron chi connectivity index (χ2n) is 5.33. The third kappa shape index (κ3) is 4.24. The number of nitrogens with one attached hydrogen (secondary N) is 1. The van der Waals surface area contributed by atoms with Gasteiger partial charge in [-0.25, -0.2) is 0 Å². The van der Waals surface area contributed by atoms with Gasteiger partial charge in [0, 0.05) is 40.6 Å². The molecule has 0 aliphatic heterocycles. The number of aromatic nitrogens is 1. The van der Waals surface area contributed by atoms with Crippen molar-refractivity contribution in [2.75, 3.05) is 0 Å². The fourth-order valence-corrected chi connectivity index (χ4v) is 3.24. The van der Waals surface area contributed by atoms with Gasteiger partial charge in [0.2, 0.25) is 5.91 Å². The van der Waals surface area contributed by atoms with Crippen LogP contribution in [0.1, 0.15) is 51.5 Å². The summed E-state index contributed by atoms with van der Waals surface area (Å²) < 4.78 is 0. The summed E-state index contributed by atoms with van der Waals surface area (Å²) >= 11 is 1.61. The van der Waals surface area contributed by atoms with E-state index in [2.05, 4.69) is 10.3 Å². The van der Waals surface area contributed by atoms with Crippen LogP contribution in [0.5, 0.6) is 0 Å². The minimum Gasteiger partial charge on any atom is -0.350 e. The molecule has 0 fully saturated rings. The maximum absolute atomic E-state index is 12.2. The molecule has 0 radical (unpaired) electrons. The number of thiophene rings is 1. The van der Waals surface area contributed by atoms with Gasteiger partial charge in [-0.1, -0.05) is 6.07 Å². The van der Waals surface area contributed by atoms with Crippen molar-refractivity contribution in [3.63, 3.8) is 0 Å². The van der Waals surface area contributed by atoms with E-state index >= 15 is 0 Å². The summed E-state index contributed by atoms with van der Waals surface area (Å²) in [7, 11) is 0. The highest BCUT2D eigenvalue weighted by atomic mass is 32.1. The van der Waals surface area contributed by atoms with E-state index in [4.69, 9.17) is 0 Å². The van der Waals surface area contributed by atoms with Crippen molar-refractivity contribution in [3.8, 4) is 0 Å². The number of nitrogens with zero attached hydrogens (tertiary/aromatic N) is 1. The van der Waals surface area contributed by atoms with E-state index in [1.165, 1.54) is 0 Å². The molecular formula is C17H20N2O2S. The third-order valence-electron chi connectivity index (χ3n) is 3.48. The Labute approximate surface area is 134 Å². The van der Waals surface area contributed by atoms with Crippen molar-refractivity contribution in [2.24, 2.45) is 0 Å². The van der Waals surface area contributed by atoms with E-state index in [9.17, 15) is 9.59 Å². The smallest absolute Gasteiger partial charge is 0.220 e. The van der Waals surface area contributed by atoms with Crippen LogP contribution in [0.25, 0.3) is 0 Å². The zero-order valence-corrected chi connectivity index (χ0v) is 13.9. The molecule has 0 saturated heterocycles. The van der Waals surface area contributed by atoms with Crippen LogP contribution < -0.4 is 5.32 Å². The van der Waals surface area contributed by atoms with Gasteiger partial charge in [-0.15, -0.1) is 11.3 Å². The van der Waals surface area contributed by atoms with E-state index in [1.807, 2.05) is 39.0 Å². The van der Waals surface area contributed by atoms with Gasteiger partial charge in [0.15, 0.2) is 5.78 Å². The van der Waals surface area contributed by atoms with Crippen molar-refractivity contribution >= 4 is 23.0 Å². The second-order valence-corrected chi connectivity index (χ2v) is 6.79. The minimum atomic E-state index is -0.116. The first-order valence-corrected chi connectivity index (χ1v) is 8.08. The predicted octanol–water partition coefficient (Wildman–Crippen LogP) is 3.60. The fourth-order valence-electron chi connectivity index (χ4n) is 2.30. The van der Waals surface area contributed by atoms with E-state index in [-0.39, 0.29) is 30.6 Å². The Balaban J connectivity index is 1.85. The highest BCUT2D eigenvalue weighted by molar-refractivity contribution is 7.12. The van der Waals surface area contributed by atoms with Crippen molar-refractivity contribution in [2.45, 2.75) is 39.7 Å². The number of aryl methyl sites for hydroxylation is 2. The summed E-state index contributed by atoms with van der Waals surface area (Å²) in [6.45, 7) is 5.83. The second kappa shape index (κ2) is 7.31. The monoisotopic (exact) mass is 316 g/mol. The van der Waals surface area contributed by atoms with Gasteiger partial charge in [-0.3, -0.25) is 14.6 Å². The first-order chi connectivity index (χ1) is 10.5. The lowest BCUT2D eigenvalue weighted by Crippen LogP contribution is -2.27. The summed E-state index contributed by atoms with van der Waals surface area (Å²) in [4.78, 5) is 30.3. The van der Waals surface area contributed by atoms with Gasteiger partial charge in [-0.05, 0) is 38.5 Å². The van der Waals surface area contributed by atoms with E-state index in [0.29, 0.717) is 0 Å². The normalized spacial score (nSPS) is 12.0. The molecule has 5 heteroatoms. The number of hydrogen-bond acceptors (Lipinski definition) is 4. The van der Waals surface area contributed by atoms with Gasteiger partial charge in [-0.2, -0.15) is 0 Å². The number of ketones is 1. The first kappa shape index (κ1) is 16.4. The minimum absolute atomic E-state index is 0.0334. The largest absolute Gasteiger partial charge is 0.350 e. The lowest BCUT2D eigenvalue weighted by atomic mass is 10.1. The SMILES string of the molecule is Cc1cc(C(=O)CCC(=O)N[C@@H](C)c2cccnc2)c(C)s1. The number of pyridine rings is 1. The summed E-state index contributed by atoms with van der Waals surface area (Å²) in [5.74, 6) is -0.0830. The van der Waals surface area contributed by atoms with Gasteiger partial charge in [0.25, 0.3) is 0 Å². The molecule has 1 amide bonds. The van der Waals surface area contributed by atoms with Crippen LogP contribution >= 0.6 is 11.3 Å². The Hall–Kier alpha value is -2.01. The Morgan fingerprint density at radius 3 is 2.68 bits per heavy atom. The molecule has 2 aromatic heterocycles. The van der Waals surface area contributed by atoms with Crippen LogP contribution in [-0.2, 0) is 4.79 Å².